The average Bonchev–Trinajstić information content (AvgIpc) is 2.63. The molecule has 2 saturated heterocycles. The summed E-state index contributed by atoms with van der Waals surface area (Å²) in [4.78, 5) is 2.24. The van der Waals surface area contributed by atoms with Crippen LogP contribution in [0, 0.1) is 11.2 Å². The van der Waals surface area contributed by atoms with Gasteiger partial charge in [-0.1, -0.05) is 18.2 Å². The lowest BCUT2D eigenvalue weighted by molar-refractivity contribution is -0.127. The van der Waals surface area contributed by atoms with Crippen LogP contribution in [0.15, 0.2) is 42.6 Å². The van der Waals surface area contributed by atoms with Crippen molar-refractivity contribution in [3.8, 4) is 0 Å². The molecule has 2 heterocycles. The molecule has 2 aliphatic heterocycles. The number of rotatable bonds is 6. The lowest BCUT2D eigenvalue weighted by atomic mass is 9.77. The first kappa shape index (κ1) is 19.4. The smallest absolute Gasteiger partial charge is 0.266 e. The van der Waals surface area contributed by atoms with Gasteiger partial charge in [-0.2, -0.15) is 0 Å². The van der Waals surface area contributed by atoms with E-state index in [2.05, 4.69) is 10.2 Å². The molecule has 2 aromatic carbocycles. The fourth-order valence-corrected chi connectivity index (χ4v) is 3.83. The monoisotopic (exact) mass is 404 g/mol. The fourth-order valence-electron chi connectivity index (χ4n) is 3.83. The van der Waals surface area contributed by atoms with Gasteiger partial charge in [0.1, 0.15) is 5.82 Å². The maximum atomic E-state index is 14.3. The highest BCUT2D eigenvalue weighted by molar-refractivity contribution is 5.77. The molecule has 5 nitrogen and oxygen atoms in total. The van der Waals surface area contributed by atoms with Crippen LogP contribution < -0.4 is 21.7 Å². The van der Waals surface area contributed by atoms with E-state index in [-0.39, 0.29) is 17.5 Å². The molecule has 4 rings (SSSR count). The molecule has 0 saturated carbocycles. The van der Waals surface area contributed by atoms with Crippen LogP contribution in [-0.4, -0.2) is 26.3 Å². The standard InChI is InChI=1S/C21H23F3N4O/c22-19-13(2-1-3-15(19)20(23)24)8-27-18(7-25)16-6-14(4-5-17(16)26)28-9-21(10-28)11-29-12-21/h1-7,20,27H,8-12,25-26H2/b18-7+. The Morgan fingerprint density at radius 1 is 1.24 bits per heavy atom. The van der Waals surface area contributed by atoms with E-state index >= 15 is 0 Å². The number of nitrogens with one attached hydrogen (secondary N) is 1. The average molecular weight is 404 g/mol. The molecule has 0 amide bonds. The molecule has 0 radical (unpaired) electrons. The Kier molecular flexibility index (Phi) is 5.04. The summed E-state index contributed by atoms with van der Waals surface area (Å²) in [7, 11) is 0. The molecule has 0 aliphatic carbocycles. The molecule has 2 aliphatic rings. The van der Waals surface area contributed by atoms with Gasteiger partial charge in [-0.25, -0.2) is 13.2 Å². The third kappa shape index (κ3) is 3.60. The number of halogens is 3. The highest BCUT2D eigenvalue weighted by Crippen LogP contribution is 2.41. The minimum Gasteiger partial charge on any atom is -0.403 e. The second-order valence-corrected chi connectivity index (χ2v) is 7.68. The molecule has 0 unspecified atom stereocenters. The number of hydrogen-bond donors (Lipinski definition) is 3. The van der Waals surface area contributed by atoms with Gasteiger partial charge in [-0.15, -0.1) is 0 Å². The van der Waals surface area contributed by atoms with Gasteiger partial charge in [0, 0.05) is 48.3 Å². The zero-order chi connectivity index (χ0) is 20.6. The first-order chi connectivity index (χ1) is 13.9. The number of anilines is 2. The van der Waals surface area contributed by atoms with Gasteiger partial charge in [-0.05, 0) is 18.2 Å². The molecule has 0 atom stereocenters. The highest BCUT2D eigenvalue weighted by Gasteiger charge is 2.49. The predicted octanol–water partition coefficient (Wildman–Crippen LogP) is 3.23. The maximum absolute atomic E-state index is 14.3. The van der Waals surface area contributed by atoms with Crippen molar-refractivity contribution in [2.24, 2.45) is 11.1 Å². The summed E-state index contributed by atoms with van der Waals surface area (Å²) in [5.74, 6) is -0.915. The number of hydrogen-bond acceptors (Lipinski definition) is 5. The Hall–Kier alpha value is -2.87. The Morgan fingerprint density at radius 2 is 2.00 bits per heavy atom. The summed E-state index contributed by atoms with van der Waals surface area (Å²) in [6.45, 7) is 3.45. The van der Waals surface area contributed by atoms with Gasteiger partial charge in [0.25, 0.3) is 6.43 Å². The minimum atomic E-state index is -2.87. The van der Waals surface area contributed by atoms with Crippen LogP contribution in [0.25, 0.3) is 5.70 Å². The van der Waals surface area contributed by atoms with E-state index in [1.807, 2.05) is 12.1 Å². The first-order valence-electron chi connectivity index (χ1n) is 9.36. The number of alkyl halides is 2. The lowest BCUT2D eigenvalue weighted by Gasteiger charge is -2.56. The summed E-state index contributed by atoms with van der Waals surface area (Å²) >= 11 is 0. The van der Waals surface area contributed by atoms with E-state index in [0.29, 0.717) is 16.9 Å². The lowest BCUT2D eigenvalue weighted by Crippen LogP contribution is -2.66. The van der Waals surface area contributed by atoms with Crippen LogP contribution in [0.4, 0.5) is 24.5 Å². The van der Waals surface area contributed by atoms with Crippen LogP contribution in [0.3, 0.4) is 0 Å². The molecular formula is C21H23F3N4O. The summed E-state index contributed by atoms with van der Waals surface area (Å²) in [6.07, 6.45) is -1.52. The quantitative estimate of drug-likeness (QED) is 0.645. The number of nitrogen functional groups attached to an aromatic ring is 1. The molecule has 29 heavy (non-hydrogen) atoms. The summed E-state index contributed by atoms with van der Waals surface area (Å²) in [5.41, 5.74) is 14.4. The van der Waals surface area contributed by atoms with Gasteiger partial charge in [0.05, 0.1) is 29.9 Å². The van der Waals surface area contributed by atoms with Crippen LogP contribution in [0.2, 0.25) is 0 Å². The third-order valence-corrected chi connectivity index (χ3v) is 5.54. The molecule has 0 aromatic heterocycles. The van der Waals surface area contributed by atoms with Crippen molar-refractivity contribution in [3.05, 3.63) is 65.1 Å². The molecule has 1 spiro atoms. The van der Waals surface area contributed by atoms with E-state index in [4.69, 9.17) is 16.2 Å². The Labute approximate surface area is 167 Å². The first-order valence-corrected chi connectivity index (χ1v) is 9.36. The van der Waals surface area contributed by atoms with Gasteiger partial charge < -0.3 is 26.4 Å². The normalized spacial score (nSPS) is 17.9. The van der Waals surface area contributed by atoms with Crippen molar-refractivity contribution in [3.63, 3.8) is 0 Å². The number of ether oxygens (including phenoxy) is 1. The second-order valence-electron chi connectivity index (χ2n) is 7.68. The molecular weight excluding hydrogens is 381 g/mol. The molecule has 2 aromatic rings. The van der Waals surface area contributed by atoms with Crippen molar-refractivity contribution in [2.75, 3.05) is 36.9 Å². The van der Waals surface area contributed by atoms with E-state index in [1.165, 1.54) is 18.3 Å². The molecule has 2 fully saturated rings. The van der Waals surface area contributed by atoms with Crippen LogP contribution in [0.1, 0.15) is 23.1 Å². The number of benzene rings is 2. The fraction of sp³-hybridized carbons (Fsp3) is 0.333. The van der Waals surface area contributed by atoms with Crippen LogP contribution >= 0.6 is 0 Å². The van der Waals surface area contributed by atoms with E-state index in [1.54, 1.807) is 6.07 Å². The number of nitrogens with two attached hydrogens (primary N) is 2. The summed E-state index contributed by atoms with van der Waals surface area (Å²) < 4.78 is 45.4. The van der Waals surface area contributed by atoms with Crippen molar-refractivity contribution >= 4 is 17.1 Å². The zero-order valence-corrected chi connectivity index (χ0v) is 15.8. The predicted molar refractivity (Wildman–Crippen MR) is 107 cm³/mol. The van der Waals surface area contributed by atoms with E-state index in [0.717, 1.165) is 38.1 Å². The van der Waals surface area contributed by atoms with Crippen molar-refractivity contribution in [1.82, 2.24) is 5.32 Å². The van der Waals surface area contributed by atoms with Crippen molar-refractivity contribution in [2.45, 2.75) is 13.0 Å². The molecule has 5 N–H and O–H groups in total. The molecule has 154 valence electrons. The van der Waals surface area contributed by atoms with Gasteiger partial charge in [-0.3, -0.25) is 0 Å². The SMILES string of the molecule is N/C=C(/NCc1cccc(C(F)F)c1F)c1cc(N2CC3(COC3)C2)ccc1N. The maximum Gasteiger partial charge on any atom is 0.266 e. The summed E-state index contributed by atoms with van der Waals surface area (Å²) in [5, 5.41) is 3.02. The summed E-state index contributed by atoms with van der Waals surface area (Å²) in [6, 6.07) is 9.63. The van der Waals surface area contributed by atoms with Crippen molar-refractivity contribution < 1.29 is 17.9 Å². The second kappa shape index (κ2) is 7.51. The molecule has 0 bridgehead atoms. The molecule has 8 heteroatoms. The Morgan fingerprint density at radius 3 is 2.62 bits per heavy atom. The third-order valence-electron chi connectivity index (χ3n) is 5.54. The van der Waals surface area contributed by atoms with Crippen molar-refractivity contribution in [1.29, 1.82) is 0 Å². The van der Waals surface area contributed by atoms with Gasteiger partial charge in [0.15, 0.2) is 0 Å². The van der Waals surface area contributed by atoms with Gasteiger partial charge >= 0.3 is 0 Å². The minimum absolute atomic E-state index is 0.00323. The van der Waals surface area contributed by atoms with Crippen LogP contribution in [0.5, 0.6) is 0 Å². The van der Waals surface area contributed by atoms with Gasteiger partial charge in [0.2, 0.25) is 0 Å². The Bertz CT molecular complexity index is 936. The Balaban J connectivity index is 1.50. The van der Waals surface area contributed by atoms with E-state index < -0.39 is 17.8 Å². The largest absolute Gasteiger partial charge is 0.403 e. The highest BCUT2D eigenvalue weighted by atomic mass is 19.3. The topological polar surface area (TPSA) is 76.5 Å². The van der Waals surface area contributed by atoms with Crippen LogP contribution in [-0.2, 0) is 11.3 Å². The zero-order valence-electron chi connectivity index (χ0n) is 15.8. The number of nitrogens with zero attached hydrogens (tertiary/aromatic N) is 1. The van der Waals surface area contributed by atoms with E-state index in [9.17, 15) is 13.2 Å².